The van der Waals surface area contributed by atoms with Crippen molar-refractivity contribution in [3.63, 3.8) is 0 Å². The summed E-state index contributed by atoms with van der Waals surface area (Å²) in [5, 5.41) is 2.70. The topological polar surface area (TPSA) is 111 Å². The Kier molecular flexibility index (Phi) is 7.35. The van der Waals surface area contributed by atoms with Crippen LogP contribution in [0.2, 0.25) is 0 Å². The molecule has 0 bridgehead atoms. The van der Waals surface area contributed by atoms with Crippen LogP contribution in [0, 0.1) is 0 Å². The van der Waals surface area contributed by atoms with Crippen molar-refractivity contribution in [3.8, 4) is 5.75 Å². The summed E-state index contributed by atoms with van der Waals surface area (Å²) in [5.74, 6) is -1.27. The molecule has 1 atom stereocenters. The van der Waals surface area contributed by atoms with Crippen molar-refractivity contribution in [2.75, 3.05) is 21.3 Å². The molecule has 0 saturated heterocycles. The second-order valence-corrected chi connectivity index (χ2v) is 8.65. The number of carbonyl (C=O) groups excluding carboxylic acids is 2. The second kappa shape index (κ2) is 8.68. The lowest BCUT2D eigenvalue weighted by molar-refractivity contribution is -0.130. The molecule has 0 radical (unpaired) electrons. The Labute approximate surface area is 159 Å². The summed E-state index contributed by atoms with van der Waals surface area (Å²) in [7, 11) is -0.355. The number of carbonyl (C=O) groups is 2. The molecule has 10 heteroatoms. The van der Waals surface area contributed by atoms with E-state index in [1.165, 1.54) is 40.3 Å². The molecule has 1 aromatic carbocycles. The van der Waals surface area contributed by atoms with E-state index in [2.05, 4.69) is 5.32 Å². The van der Waals surface area contributed by atoms with E-state index in [1.807, 2.05) is 0 Å². The Balaban J connectivity index is 3.13. The fraction of sp³-hybridized carbons (Fsp3) is 0.529. The first-order valence-electron chi connectivity index (χ1n) is 8.07. The van der Waals surface area contributed by atoms with Crippen LogP contribution in [0.15, 0.2) is 23.1 Å². The minimum absolute atomic E-state index is 0.0361. The zero-order valence-corrected chi connectivity index (χ0v) is 17.3. The lowest BCUT2D eigenvalue weighted by atomic mass is 10.1. The summed E-state index contributed by atoms with van der Waals surface area (Å²) in [6, 6.07) is 3.79. The van der Waals surface area contributed by atoms with Crippen LogP contribution in [-0.2, 0) is 24.4 Å². The second-order valence-electron chi connectivity index (χ2n) is 6.75. The molecule has 1 N–H and O–H groups in total. The third-order valence-corrected chi connectivity index (χ3v) is 5.12. The van der Waals surface area contributed by atoms with Gasteiger partial charge in [0.1, 0.15) is 10.6 Å². The lowest BCUT2D eigenvalue weighted by Gasteiger charge is -2.23. The molecular formula is C17H26N2O7S. The van der Waals surface area contributed by atoms with Gasteiger partial charge in [0.2, 0.25) is 0 Å². The van der Waals surface area contributed by atoms with Crippen LogP contribution in [0.5, 0.6) is 5.75 Å². The van der Waals surface area contributed by atoms with Crippen molar-refractivity contribution in [1.82, 2.24) is 9.79 Å². The summed E-state index contributed by atoms with van der Waals surface area (Å²) >= 11 is 0. The molecule has 1 amide bonds. The van der Waals surface area contributed by atoms with E-state index >= 15 is 0 Å². The summed E-state index contributed by atoms with van der Waals surface area (Å²) < 4.78 is 35.9. The fourth-order valence-electron chi connectivity index (χ4n) is 2.00. The number of esters is 1. The normalized spacial score (nSPS) is 13.2. The van der Waals surface area contributed by atoms with Crippen molar-refractivity contribution in [1.29, 1.82) is 0 Å². The Morgan fingerprint density at radius 2 is 1.78 bits per heavy atom. The molecule has 0 unspecified atom stereocenters. The number of hydrogen-bond acceptors (Lipinski definition) is 7. The highest BCUT2D eigenvalue weighted by Gasteiger charge is 2.28. The molecule has 27 heavy (non-hydrogen) atoms. The van der Waals surface area contributed by atoms with Gasteiger partial charge >= 0.3 is 5.97 Å². The minimum atomic E-state index is -4.06. The highest BCUT2D eigenvalue weighted by atomic mass is 32.2. The number of nitrogens with one attached hydrogen (secondary N) is 1. The molecule has 1 aromatic rings. The molecule has 0 heterocycles. The lowest BCUT2D eigenvalue weighted by Crippen LogP contribution is -2.46. The number of hydrogen-bond donors (Lipinski definition) is 1. The monoisotopic (exact) mass is 402 g/mol. The standard InChI is InChI=1S/C17H26N2O7S/c1-11(15(20)18-17(2,3)4)26-16(21)12-8-9-13(24-6)14(10-12)27(22,23)19(5)25-7/h8-11H,1-7H3,(H,18,20)/t11-/m0/s1. The smallest absolute Gasteiger partial charge is 0.338 e. The third kappa shape index (κ3) is 5.91. The van der Waals surface area contributed by atoms with Crippen LogP contribution >= 0.6 is 0 Å². The van der Waals surface area contributed by atoms with E-state index < -0.39 is 33.5 Å². The van der Waals surface area contributed by atoms with Crippen LogP contribution < -0.4 is 10.1 Å². The van der Waals surface area contributed by atoms with Gasteiger partial charge in [-0.15, -0.1) is 0 Å². The first kappa shape index (κ1) is 22.9. The number of nitrogens with zero attached hydrogens (tertiary/aromatic N) is 1. The maximum atomic E-state index is 12.5. The largest absolute Gasteiger partial charge is 0.495 e. The van der Waals surface area contributed by atoms with Gasteiger partial charge in [-0.05, 0) is 45.9 Å². The maximum absolute atomic E-state index is 12.5. The Morgan fingerprint density at radius 3 is 2.26 bits per heavy atom. The minimum Gasteiger partial charge on any atom is -0.495 e. The molecule has 0 aliphatic heterocycles. The van der Waals surface area contributed by atoms with Crippen LogP contribution in [0.1, 0.15) is 38.1 Å². The number of rotatable bonds is 7. The Morgan fingerprint density at radius 1 is 1.19 bits per heavy atom. The van der Waals surface area contributed by atoms with Gasteiger partial charge in [0.25, 0.3) is 15.9 Å². The van der Waals surface area contributed by atoms with E-state index in [1.54, 1.807) is 20.8 Å². The number of benzene rings is 1. The third-order valence-electron chi connectivity index (χ3n) is 3.42. The van der Waals surface area contributed by atoms with Crippen LogP contribution in [-0.4, -0.2) is 57.7 Å². The first-order chi connectivity index (χ1) is 12.3. The van der Waals surface area contributed by atoms with Gasteiger partial charge in [-0.2, -0.15) is 0 Å². The molecular weight excluding hydrogens is 376 g/mol. The molecule has 0 fully saturated rings. The van der Waals surface area contributed by atoms with Crippen LogP contribution in [0.3, 0.4) is 0 Å². The highest BCUT2D eigenvalue weighted by Crippen LogP contribution is 2.27. The van der Waals surface area contributed by atoms with Gasteiger partial charge in [0.15, 0.2) is 6.10 Å². The molecule has 0 aromatic heterocycles. The highest BCUT2D eigenvalue weighted by molar-refractivity contribution is 7.89. The van der Waals surface area contributed by atoms with Crippen LogP contribution in [0.4, 0.5) is 0 Å². The molecule has 1 rings (SSSR count). The zero-order chi connectivity index (χ0) is 21.0. The Bertz CT molecular complexity index is 800. The SMILES string of the molecule is COc1ccc(C(=O)O[C@@H](C)C(=O)NC(C)(C)C)cc1S(=O)(=O)N(C)OC. The fourth-order valence-corrected chi connectivity index (χ4v) is 3.15. The number of ether oxygens (including phenoxy) is 2. The number of sulfonamides is 1. The van der Waals surface area contributed by atoms with Gasteiger partial charge in [-0.1, -0.05) is 4.47 Å². The molecule has 0 spiro atoms. The quantitative estimate of drug-likeness (QED) is 0.541. The van der Waals surface area contributed by atoms with Crippen molar-refractivity contribution < 1.29 is 32.3 Å². The average molecular weight is 402 g/mol. The van der Waals surface area contributed by atoms with E-state index in [-0.39, 0.29) is 16.2 Å². The van der Waals surface area contributed by atoms with Gasteiger partial charge in [0.05, 0.1) is 19.8 Å². The summed E-state index contributed by atoms with van der Waals surface area (Å²) in [4.78, 5) is 28.9. The van der Waals surface area contributed by atoms with E-state index in [9.17, 15) is 18.0 Å². The molecule has 0 aliphatic rings. The van der Waals surface area contributed by atoms with Crippen molar-refractivity contribution in [2.45, 2.75) is 44.2 Å². The van der Waals surface area contributed by atoms with E-state index in [0.717, 1.165) is 6.07 Å². The predicted molar refractivity (Wildman–Crippen MR) is 97.7 cm³/mol. The Hall–Kier alpha value is -2.17. The van der Waals surface area contributed by atoms with E-state index in [4.69, 9.17) is 14.3 Å². The molecule has 0 saturated carbocycles. The van der Waals surface area contributed by atoms with Gasteiger partial charge < -0.3 is 14.8 Å². The van der Waals surface area contributed by atoms with Crippen LogP contribution in [0.25, 0.3) is 0 Å². The molecule has 0 aliphatic carbocycles. The number of amides is 1. The summed E-state index contributed by atoms with van der Waals surface area (Å²) in [5.41, 5.74) is -0.529. The van der Waals surface area contributed by atoms with Crippen molar-refractivity contribution in [3.05, 3.63) is 23.8 Å². The predicted octanol–water partition coefficient (Wildman–Crippen LogP) is 1.34. The summed E-state index contributed by atoms with van der Waals surface area (Å²) in [6.45, 7) is 6.82. The first-order valence-corrected chi connectivity index (χ1v) is 9.51. The van der Waals surface area contributed by atoms with E-state index in [0.29, 0.717) is 4.47 Å². The summed E-state index contributed by atoms with van der Waals surface area (Å²) in [6.07, 6.45) is -1.06. The molecule has 9 nitrogen and oxygen atoms in total. The number of hydroxylamine groups is 1. The van der Waals surface area contributed by atoms with Gasteiger partial charge in [0, 0.05) is 12.6 Å². The number of methoxy groups -OCH3 is 1. The maximum Gasteiger partial charge on any atom is 0.338 e. The average Bonchev–Trinajstić information content (AvgIpc) is 2.58. The van der Waals surface area contributed by atoms with Crippen molar-refractivity contribution in [2.24, 2.45) is 0 Å². The zero-order valence-electron chi connectivity index (χ0n) is 16.5. The van der Waals surface area contributed by atoms with Gasteiger partial charge in [-0.3, -0.25) is 9.63 Å². The molecule has 152 valence electrons. The van der Waals surface area contributed by atoms with Crippen molar-refractivity contribution >= 4 is 21.9 Å². The van der Waals surface area contributed by atoms with Gasteiger partial charge in [-0.25, -0.2) is 13.2 Å².